The van der Waals surface area contributed by atoms with E-state index in [2.05, 4.69) is 43.4 Å². The molecule has 2 aromatic rings. The molecule has 2 aromatic carbocycles. The van der Waals surface area contributed by atoms with E-state index < -0.39 is 0 Å². The number of ether oxygens (including phenoxy) is 2. The number of hydrogen-bond donors (Lipinski definition) is 1. The third kappa shape index (κ3) is 2.74. The first-order valence-corrected chi connectivity index (χ1v) is 7.32. The van der Waals surface area contributed by atoms with Crippen LogP contribution >= 0.6 is 0 Å². The second kappa shape index (κ2) is 5.78. The molecule has 0 saturated heterocycles. The Morgan fingerprint density at radius 2 is 1.95 bits per heavy atom. The summed E-state index contributed by atoms with van der Waals surface area (Å²) in [6.45, 7) is 4.70. The number of nitrogens with one attached hydrogen (secondary N) is 1. The molecule has 0 fully saturated rings. The summed E-state index contributed by atoms with van der Waals surface area (Å²) in [6, 6.07) is 14.5. The zero-order chi connectivity index (χ0) is 14.8. The quantitative estimate of drug-likeness (QED) is 0.936. The van der Waals surface area contributed by atoms with Crippen LogP contribution in [0.3, 0.4) is 0 Å². The van der Waals surface area contributed by atoms with Gasteiger partial charge in [-0.2, -0.15) is 0 Å². The van der Waals surface area contributed by atoms with Crippen LogP contribution in [0.4, 0.5) is 0 Å². The fourth-order valence-corrected chi connectivity index (χ4v) is 2.78. The highest BCUT2D eigenvalue weighted by atomic mass is 16.5. The molecule has 2 unspecified atom stereocenters. The molecule has 1 N–H and O–H groups in total. The van der Waals surface area contributed by atoms with Crippen LogP contribution in [0, 0.1) is 13.8 Å². The summed E-state index contributed by atoms with van der Waals surface area (Å²) < 4.78 is 12.1. The van der Waals surface area contributed by atoms with E-state index in [-0.39, 0.29) is 12.1 Å². The van der Waals surface area contributed by atoms with Crippen LogP contribution in [0.2, 0.25) is 0 Å². The number of rotatable bonds is 3. The number of benzene rings is 2. The molecule has 3 nitrogen and oxygen atoms in total. The molecule has 21 heavy (non-hydrogen) atoms. The smallest absolute Gasteiger partial charge is 0.152 e. The lowest BCUT2D eigenvalue weighted by Crippen LogP contribution is -2.41. The topological polar surface area (TPSA) is 30.5 Å². The molecule has 0 aromatic heterocycles. The second-order valence-electron chi connectivity index (χ2n) is 5.54. The lowest BCUT2D eigenvalue weighted by atomic mass is 9.98. The van der Waals surface area contributed by atoms with Crippen LogP contribution in [-0.4, -0.2) is 19.8 Å². The van der Waals surface area contributed by atoms with E-state index in [9.17, 15) is 0 Å². The summed E-state index contributed by atoms with van der Waals surface area (Å²) in [5, 5.41) is 3.36. The maximum atomic E-state index is 6.24. The van der Waals surface area contributed by atoms with Crippen molar-refractivity contribution in [2.24, 2.45) is 0 Å². The maximum Gasteiger partial charge on any atom is 0.152 e. The maximum absolute atomic E-state index is 6.24. The fraction of sp³-hybridized carbons (Fsp3) is 0.333. The van der Waals surface area contributed by atoms with Crippen LogP contribution in [-0.2, 0) is 0 Å². The van der Waals surface area contributed by atoms with Crippen molar-refractivity contribution in [1.82, 2.24) is 5.32 Å². The van der Waals surface area contributed by atoms with Crippen molar-refractivity contribution in [3.8, 4) is 11.5 Å². The van der Waals surface area contributed by atoms with Gasteiger partial charge >= 0.3 is 0 Å². The minimum atomic E-state index is -0.0367. The van der Waals surface area contributed by atoms with Gasteiger partial charge in [0, 0.05) is 5.56 Å². The standard InChI is InChI=1S/C18H21NO2/c1-12-8-9-13(2)16(10-12)21-17-11-20-15-7-5-4-6-14(15)18(17)19-3/h4-10,17-19H,11H2,1-3H3. The Morgan fingerprint density at radius 3 is 2.76 bits per heavy atom. The van der Waals surface area contributed by atoms with E-state index >= 15 is 0 Å². The molecule has 0 spiro atoms. The SMILES string of the molecule is CNC1c2ccccc2OCC1Oc1cc(C)ccc1C. The number of fused-ring (bicyclic) bond motifs is 1. The molecule has 1 aliphatic rings. The first-order valence-electron chi connectivity index (χ1n) is 7.32. The number of para-hydroxylation sites is 1. The van der Waals surface area contributed by atoms with E-state index in [1.807, 2.05) is 25.2 Å². The molecule has 0 bridgehead atoms. The molecule has 2 atom stereocenters. The third-order valence-corrected chi connectivity index (χ3v) is 3.96. The lowest BCUT2D eigenvalue weighted by Gasteiger charge is -2.34. The number of aryl methyl sites for hydroxylation is 2. The molecular weight excluding hydrogens is 262 g/mol. The molecular formula is C18H21NO2. The number of likely N-dealkylation sites (N-methyl/N-ethyl adjacent to an activating group) is 1. The van der Waals surface area contributed by atoms with Crippen molar-refractivity contribution in [2.75, 3.05) is 13.7 Å². The fourth-order valence-electron chi connectivity index (χ4n) is 2.78. The monoisotopic (exact) mass is 283 g/mol. The van der Waals surface area contributed by atoms with E-state index in [4.69, 9.17) is 9.47 Å². The minimum Gasteiger partial charge on any atom is -0.489 e. The van der Waals surface area contributed by atoms with Gasteiger partial charge in [0.25, 0.3) is 0 Å². The van der Waals surface area contributed by atoms with Crippen LogP contribution in [0.1, 0.15) is 22.7 Å². The zero-order valence-electron chi connectivity index (χ0n) is 12.7. The first-order chi connectivity index (χ1) is 10.2. The molecule has 1 heterocycles. The van der Waals surface area contributed by atoms with Crippen LogP contribution < -0.4 is 14.8 Å². The van der Waals surface area contributed by atoms with E-state index in [1.54, 1.807) is 0 Å². The van der Waals surface area contributed by atoms with E-state index in [0.29, 0.717) is 6.61 Å². The highest BCUT2D eigenvalue weighted by Crippen LogP contribution is 2.34. The van der Waals surface area contributed by atoms with Crippen molar-refractivity contribution >= 4 is 0 Å². The van der Waals surface area contributed by atoms with Crippen molar-refractivity contribution in [3.05, 3.63) is 59.2 Å². The predicted octanol–water partition coefficient (Wildman–Crippen LogP) is 3.40. The average Bonchev–Trinajstić information content (AvgIpc) is 2.50. The van der Waals surface area contributed by atoms with Gasteiger partial charge in [0.05, 0.1) is 6.04 Å². The van der Waals surface area contributed by atoms with Crippen molar-refractivity contribution in [1.29, 1.82) is 0 Å². The Kier molecular flexibility index (Phi) is 3.84. The van der Waals surface area contributed by atoms with Gasteiger partial charge in [-0.15, -0.1) is 0 Å². The molecule has 0 radical (unpaired) electrons. The summed E-state index contributed by atoms with van der Waals surface area (Å²) >= 11 is 0. The summed E-state index contributed by atoms with van der Waals surface area (Å²) in [5.41, 5.74) is 3.50. The Bertz CT molecular complexity index is 639. The molecule has 110 valence electrons. The minimum absolute atomic E-state index is 0.0367. The number of hydrogen-bond acceptors (Lipinski definition) is 3. The Balaban J connectivity index is 1.88. The van der Waals surface area contributed by atoms with Gasteiger partial charge in [-0.1, -0.05) is 30.3 Å². The molecule has 0 amide bonds. The molecule has 3 heteroatoms. The van der Waals surface area contributed by atoms with Gasteiger partial charge < -0.3 is 14.8 Å². The van der Waals surface area contributed by atoms with E-state index in [0.717, 1.165) is 22.6 Å². The second-order valence-corrected chi connectivity index (χ2v) is 5.54. The predicted molar refractivity (Wildman–Crippen MR) is 84.1 cm³/mol. The third-order valence-electron chi connectivity index (χ3n) is 3.96. The average molecular weight is 283 g/mol. The summed E-state index contributed by atoms with van der Waals surface area (Å²) in [5.74, 6) is 1.88. The van der Waals surface area contributed by atoms with Crippen molar-refractivity contribution in [3.63, 3.8) is 0 Å². The van der Waals surface area contributed by atoms with Crippen molar-refractivity contribution in [2.45, 2.75) is 26.0 Å². The van der Waals surface area contributed by atoms with Gasteiger partial charge in [-0.3, -0.25) is 0 Å². The first kappa shape index (κ1) is 14.0. The van der Waals surface area contributed by atoms with Crippen LogP contribution in [0.15, 0.2) is 42.5 Å². The molecule has 1 aliphatic heterocycles. The Hall–Kier alpha value is -2.00. The van der Waals surface area contributed by atoms with Gasteiger partial charge in [-0.05, 0) is 44.2 Å². The summed E-state index contributed by atoms with van der Waals surface area (Å²) in [6.07, 6.45) is -0.0367. The summed E-state index contributed by atoms with van der Waals surface area (Å²) in [7, 11) is 1.96. The van der Waals surface area contributed by atoms with Gasteiger partial charge in [0.1, 0.15) is 18.1 Å². The Labute approximate surface area is 125 Å². The largest absolute Gasteiger partial charge is 0.489 e. The summed E-state index contributed by atoms with van der Waals surface area (Å²) in [4.78, 5) is 0. The van der Waals surface area contributed by atoms with Crippen LogP contribution in [0.25, 0.3) is 0 Å². The van der Waals surface area contributed by atoms with Gasteiger partial charge in [-0.25, -0.2) is 0 Å². The van der Waals surface area contributed by atoms with Gasteiger partial charge in [0.15, 0.2) is 6.10 Å². The van der Waals surface area contributed by atoms with Crippen LogP contribution in [0.5, 0.6) is 11.5 Å². The molecule has 0 saturated carbocycles. The van der Waals surface area contributed by atoms with Crippen molar-refractivity contribution < 1.29 is 9.47 Å². The normalized spacial score (nSPS) is 20.5. The Morgan fingerprint density at radius 1 is 1.14 bits per heavy atom. The van der Waals surface area contributed by atoms with E-state index in [1.165, 1.54) is 5.56 Å². The van der Waals surface area contributed by atoms with Gasteiger partial charge in [0.2, 0.25) is 0 Å². The highest BCUT2D eigenvalue weighted by molar-refractivity contribution is 5.40. The zero-order valence-corrected chi connectivity index (χ0v) is 12.7. The highest BCUT2D eigenvalue weighted by Gasteiger charge is 2.31. The lowest BCUT2D eigenvalue weighted by molar-refractivity contribution is 0.0768. The molecule has 0 aliphatic carbocycles. The molecule has 3 rings (SSSR count).